The van der Waals surface area contributed by atoms with Crippen LogP contribution in [0.1, 0.15) is 219 Å². The first-order valence-corrected chi connectivity index (χ1v) is 24.3. The number of carbonyl (C=O) groups excluding carboxylic acids is 1. The van der Waals surface area contributed by atoms with Crippen molar-refractivity contribution in [3.8, 4) is 0 Å². The number of unbranched alkanes of at least 4 members (excludes halogenated alkanes) is 27. The minimum atomic E-state index is -4.28. The molecule has 0 rings (SSSR count). The quantitative estimate of drug-likeness (QED) is 0.0271. The maximum absolute atomic E-state index is 12.6. The minimum Gasteiger partial charge on any atom is -0.457 e. The molecule has 8 nitrogen and oxygen atoms in total. The molecule has 0 fully saturated rings. The molecule has 0 saturated heterocycles. The maximum atomic E-state index is 12.6. The van der Waals surface area contributed by atoms with Crippen molar-refractivity contribution in [2.45, 2.75) is 225 Å². The summed E-state index contributed by atoms with van der Waals surface area (Å²) in [6, 6.07) is 0. The topological polar surface area (TPSA) is 117 Å². The van der Waals surface area contributed by atoms with Crippen LogP contribution in [0.2, 0.25) is 0 Å². The molecule has 0 amide bonds. The molecule has 0 bridgehead atoms. The van der Waals surface area contributed by atoms with Crippen LogP contribution in [0.5, 0.6) is 0 Å². The average Bonchev–Trinajstić information content (AvgIpc) is 3.16. The predicted molar refractivity (Wildman–Crippen MR) is 229 cm³/mol. The number of rotatable bonds is 44. The lowest BCUT2D eigenvalue weighted by molar-refractivity contribution is -0.154. The first kappa shape index (κ1) is 53.0. The highest BCUT2D eigenvalue weighted by Gasteiger charge is 2.25. The molecule has 0 saturated carbocycles. The molecule has 9 heteroatoms. The Labute approximate surface area is 334 Å². The van der Waals surface area contributed by atoms with E-state index in [0.717, 1.165) is 32.1 Å². The largest absolute Gasteiger partial charge is 0.472 e. The van der Waals surface area contributed by atoms with E-state index in [1.54, 1.807) is 0 Å². The maximum Gasteiger partial charge on any atom is 0.472 e. The second-order valence-electron chi connectivity index (χ2n) is 15.3. The van der Waals surface area contributed by atoms with Gasteiger partial charge in [-0.25, -0.2) is 4.57 Å². The van der Waals surface area contributed by atoms with E-state index in [2.05, 4.69) is 38.2 Å². The van der Waals surface area contributed by atoms with Crippen LogP contribution in [0.3, 0.4) is 0 Å². The van der Waals surface area contributed by atoms with E-state index in [4.69, 9.17) is 24.3 Å². The first-order chi connectivity index (χ1) is 26.4. The van der Waals surface area contributed by atoms with E-state index in [0.29, 0.717) is 13.0 Å². The van der Waals surface area contributed by atoms with Crippen molar-refractivity contribution in [1.29, 1.82) is 0 Å². The molecule has 0 radical (unpaired) electrons. The summed E-state index contributed by atoms with van der Waals surface area (Å²) in [4.78, 5) is 22.5. The molecule has 2 atom stereocenters. The standard InChI is InChI=1S/C45H88NO7P/c1-3-5-7-9-11-13-15-17-19-21-22-24-26-28-30-32-34-36-38-45(47)53-44(43-52-54(48,49)51-41-39-46)42-50-40-37-35-33-31-29-27-25-23-20-18-16-14-12-10-8-6-4-2/h19-21,23,44H,3-18,22,24-43,46H2,1-2H3,(H,48,49)/b21-19-,23-20-. The lowest BCUT2D eigenvalue weighted by Gasteiger charge is -2.20. The van der Waals surface area contributed by atoms with Crippen LogP contribution < -0.4 is 5.73 Å². The zero-order valence-electron chi connectivity index (χ0n) is 35.5. The van der Waals surface area contributed by atoms with Crippen LogP contribution in [0.15, 0.2) is 24.3 Å². The molecule has 0 aromatic carbocycles. The van der Waals surface area contributed by atoms with Gasteiger partial charge in [0.2, 0.25) is 0 Å². The SMILES string of the molecule is CCCCCCCCC/C=C\CCCCCCCCCC(=O)OC(COCCCCCCCC/C=C\CCCCCCCCC)COP(=O)(O)OCCN. The van der Waals surface area contributed by atoms with Gasteiger partial charge in [-0.2, -0.15) is 0 Å². The number of phosphoric acid groups is 1. The van der Waals surface area contributed by atoms with E-state index < -0.39 is 13.9 Å². The summed E-state index contributed by atoms with van der Waals surface area (Å²) in [7, 11) is -4.28. The summed E-state index contributed by atoms with van der Waals surface area (Å²) in [5.74, 6) is -0.334. The number of hydrogen-bond donors (Lipinski definition) is 2. The predicted octanol–water partition coefficient (Wildman–Crippen LogP) is 13.6. The lowest BCUT2D eigenvalue weighted by Crippen LogP contribution is -2.28. The fourth-order valence-corrected chi connectivity index (χ4v) is 7.22. The van der Waals surface area contributed by atoms with E-state index in [1.165, 1.54) is 167 Å². The number of ether oxygens (including phenoxy) is 2. The van der Waals surface area contributed by atoms with Gasteiger partial charge in [0.15, 0.2) is 0 Å². The summed E-state index contributed by atoms with van der Waals surface area (Å²) in [5, 5.41) is 0. The number of allylic oxidation sites excluding steroid dienone is 4. The summed E-state index contributed by atoms with van der Waals surface area (Å²) < 4.78 is 33.5. The van der Waals surface area contributed by atoms with Gasteiger partial charge in [0.1, 0.15) is 6.10 Å². The molecule has 0 aliphatic carbocycles. The number of carbonyl (C=O) groups is 1. The van der Waals surface area contributed by atoms with Gasteiger partial charge in [-0.15, -0.1) is 0 Å². The van der Waals surface area contributed by atoms with Gasteiger partial charge in [-0.05, 0) is 64.2 Å². The van der Waals surface area contributed by atoms with Gasteiger partial charge in [-0.3, -0.25) is 13.8 Å². The molecule has 320 valence electrons. The Kier molecular flexibility index (Phi) is 42.3. The number of phosphoric ester groups is 1. The van der Waals surface area contributed by atoms with Gasteiger partial charge >= 0.3 is 13.8 Å². The smallest absolute Gasteiger partial charge is 0.457 e. The molecule has 0 heterocycles. The molecule has 0 aromatic rings. The number of hydrogen-bond acceptors (Lipinski definition) is 7. The van der Waals surface area contributed by atoms with E-state index in [-0.39, 0.29) is 32.3 Å². The lowest BCUT2D eigenvalue weighted by atomic mass is 10.1. The fourth-order valence-electron chi connectivity index (χ4n) is 6.46. The first-order valence-electron chi connectivity index (χ1n) is 22.8. The van der Waals surface area contributed by atoms with Crippen molar-refractivity contribution < 1.29 is 32.8 Å². The summed E-state index contributed by atoms with van der Waals surface area (Å²) in [6.07, 6.45) is 47.6. The minimum absolute atomic E-state index is 0.0961. The third kappa shape index (κ3) is 42.1. The third-order valence-electron chi connectivity index (χ3n) is 9.84. The zero-order chi connectivity index (χ0) is 39.5. The van der Waals surface area contributed by atoms with Gasteiger partial charge in [-0.1, -0.05) is 173 Å². The Morgan fingerprint density at radius 3 is 1.35 bits per heavy atom. The van der Waals surface area contributed by atoms with Crippen LogP contribution in [0.25, 0.3) is 0 Å². The monoisotopic (exact) mass is 786 g/mol. The zero-order valence-corrected chi connectivity index (χ0v) is 36.4. The average molecular weight is 786 g/mol. The molecule has 3 N–H and O–H groups in total. The summed E-state index contributed by atoms with van der Waals surface area (Å²) in [5.41, 5.74) is 5.37. The van der Waals surface area contributed by atoms with Crippen molar-refractivity contribution in [3.63, 3.8) is 0 Å². The van der Waals surface area contributed by atoms with E-state index in [1.807, 2.05) is 0 Å². The van der Waals surface area contributed by atoms with Crippen molar-refractivity contribution in [2.24, 2.45) is 5.73 Å². The molecule has 54 heavy (non-hydrogen) atoms. The molecule has 0 aromatic heterocycles. The van der Waals surface area contributed by atoms with Crippen LogP contribution in [0.4, 0.5) is 0 Å². The summed E-state index contributed by atoms with van der Waals surface area (Å²) in [6.45, 7) is 4.93. The Balaban J connectivity index is 4.01. The highest BCUT2D eigenvalue weighted by Crippen LogP contribution is 2.43. The molecule has 0 aliphatic rings. The second kappa shape index (κ2) is 43.1. The van der Waals surface area contributed by atoms with Gasteiger partial charge < -0.3 is 20.1 Å². The van der Waals surface area contributed by atoms with Crippen LogP contribution in [-0.2, 0) is 27.9 Å². The molecule has 0 aliphatic heterocycles. The van der Waals surface area contributed by atoms with Crippen molar-refractivity contribution in [2.75, 3.05) is 33.0 Å². The van der Waals surface area contributed by atoms with Crippen molar-refractivity contribution in [3.05, 3.63) is 24.3 Å². The molecular weight excluding hydrogens is 697 g/mol. The van der Waals surface area contributed by atoms with Crippen LogP contribution >= 0.6 is 7.82 Å². The van der Waals surface area contributed by atoms with E-state index >= 15 is 0 Å². The Morgan fingerprint density at radius 1 is 0.537 bits per heavy atom. The Hall–Kier alpha value is -1.02. The molecular formula is C45H88NO7P. The summed E-state index contributed by atoms with van der Waals surface area (Å²) >= 11 is 0. The molecule has 0 spiro atoms. The Bertz CT molecular complexity index is 884. The highest BCUT2D eigenvalue weighted by atomic mass is 31.2. The van der Waals surface area contributed by atoms with Gasteiger partial charge in [0, 0.05) is 19.6 Å². The number of esters is 1. The van der Waals surface area contributed by atoms with Gasteiger partial charge in [0.05, 0.1) is 19.8 Å². The fraction of sp³-hybridized carbons (Fsp3) is 0.889. The van der Waals surface area contributed by atoms with Crippen LogP contribution in [-0.4, -0.2) is 49.9 Å². The van der Waals surface area contributed by atoms with Crippen molar-refractivity contribution in [1.82, 2.24) is 0 Å². The molecule has 2 unspecified atom stereocenters. The van der Waals surface area contributed by atoms with Crippen molar-refractivity contribution >= 4 is 13.8 Å². The van der Waals surface area contributed by atoms with Crippen LogP contribution in [0, 0.1) is 0 Å². The second-order valence-corrected chi connectivity index (χ2v) is 16.7. The normalized spacial score (nSPS) is 13.6. The van der Waals surface area contributed by atoms with E-state index in [9.17, 15) is 14.3 Å². The number of nitrogens with two attached hydrogens (primary N) is 1. The van der Waals surface area contributed by atoms with Gasteiger partial charge in [0.25, 0.3) is 0 Å². The Morgan fingerprint density at radius 2 is 0.926 bits per heavy atom. The third-order valence-corrected chi connectivity index (χ3v) is 10.8. The highest BCUT2D eigenvalue weighted by molar-refractivity contribution is 7.47.